The molecule has 0 spiro atoms. The van der Waals surface area contributed by atoms with Crippen LogP contribution in [0.4, 0.5) is 13.2 Å². The predicted molar refractivity (Wildman–Crippen MR) is 91.5 cm³/mol. The topological polar surface area (TPSA) is 60.5 Å². The number of ether oxygens (including phenoxy) is 2. The van der Waals surface area contributed by atoms with Crippen LogP contribution < -0.4 is 14.8 Å². The van der Waals surface area contributed by atoms with E-state index in [1.165, 1.54) is 12.1 Å². The van der Waals surface area contributed by atoms with Crippen LogP contribution in [0.1, 0.15) is 36.0 Å². The van der Waals surface area contributed by atoms with Crippen LogP contribution in [0, 0.1) is 0 Å². The number of aromatic nitrogens is 1. The first-order chi connectivity index (χ1) is 12.9. The molecule has 0 saturated heterocycles. The van der Waals surface area contributed by atoms with Gasteiger partial charge in [-0.05, 0) is 49.9 Å². The fraction of sp³-hybridized carbons (Fsp3) is 0.368. The molecule has 3 rings (SSSR count). The van der Waals surface area contributed by atoms with Gasteiger partial charge in [-0.1, -0.05) is 12.1 Å². The largest absolute Gasteiger partial charge is 0.573 e. The summed E-state index contributed by atoms with van der Waals surface area (Å²) in [7, 11) is 0. The Bertz CT molecular complexity index is 760. The average molecular weight is 380 g/mol. The van der Waals surface area contributed by atoms with Crippen LogP contribution in [0.15, 0.2) is 48.7 Å². The molecule has 1 fully saturated rings. The third kappa shape index (κ3) is 5.87. The lowest BCUT2D eigenvalue weighted by atomic mass is 9.92. The van der Waals surface area contributed by atoms with Crippen LogP contribution >= 0.6 is 0 Å². The van der Waals surface area contributed by atoms with Gasteiger partial charge >= 0.3 is 6.36 Å². The highest BCUT2D eigenvalue weighted by Crippen LogP contribution is 2.25. The number of nitrogens with one attached hydrogen (secondary N) is 1. The van der Waals surface area contributed by atoms with Gasteiger partial charge in [0.15, 0.2) is 0 Å². The number of pyridine rings is 1. The van der Waals surface area contributed by atoms with Gasteiger partial charge in [0.1, 0.15) is 11.9 Å². The number of rotatable bonds is 5. The Balaban J connectivity index is 1.50. The van der Waals surface area contributed by atoms with E-state index in [0.29, 0.717) is 5.88 Å². The first-order valence-electron chi connectivity index (χ1n) is 8.63. The van der Waals surface area contributed by atoms with Gasteiger partial charge in [0, 0.05) is 23.9 Å². The summed E-state index contributed by atoms with van der Waals surface area (Å²) >= 11 is 0. The molecule has 1 N–H and O–H groups in total. The maximum atomic E-state index is 12.3. The monoisotopic (exact) mass is 380 g/mol. The quantitative estimate of drug-likeness (QED) is 0.848. The highest BCUT2D eigenvalue weighted by atomic mass is 19.4. The average Bonchev–Trinajstić information content (AvgIpc) is 2.63. The minimum absolute atomic E-state index is 0.0385. The molecule has 1 aromatic carbocycles. The van der Waals surface area contributed by atoms with Crippen molar-refractivity contribution in [2.45, 2.75) is 44.2 Å². The maximum Gasteiger partial charge on any atom is 0.573 e. The molecule has 1 aliphatic carbocycles. The SMILES string of the molecule is O=C(NC1CCC(Oc2ccccn2)CC1)c1cccc(OC(F)(F)F)c1. The zero-order chi connectivity index (χ0) is 19.3. The molecule has 8 heteroatoms. The Labute approximate surface area is 154 Å². The van der Waals surface area contributed by atoms with E-state index in [9.17, 15) is 18.0 Å². The molecular formula is C19H19F3N2O3. The van der Waals surface area contributed by atoms with E-state index in [1.807, 2.05) is 12.1 Å². The molecule has 0 atom stereocenters. The van der Waals surface area contributed by atoms with Crippen molar-refractivity contribution in [1.82, 2.24) is 10.3 Å². The molecule has 144 valence electrons. The minimum Gasteiger partial charge on any atom is -0.474 e. The lowest BCUT2D eigenvalue weighted by Gasteiger charge is -2.29. The Kier molecular flexibility index (Phi) is 5.83. The number of carbonyl (C=O) groups excluding carboxylic acids is 1. The maximum absolute atomic E-state index is 12.3. The standard InChI is InChI=1S/C19H19F3N2O3/c20-19(21,22)27-16-5-3-4-13(12-16)18(25)24-14-7-9-15(10-8-14)26-17-6-1-2-11-23-17/h1-6,11-12,14-15H,7-10H2,(H,24,25). The van der Waals surface area contributed by atoms with Crippen molar-refractivity contribution < 1.29 is 27.4 Å². The van der Waals surface area contributed by atoms with Gasteiger partial charge in [-0.2, -0.15) is 0 Å². The number of nitrogens with zero attached hydrogens (tertiary/aromatic N) is 1. The molecule has 0 bridgehead atoms. The number of carbonyl (C=O) groups is 1. The number of hydrogen-bond acceptors (Lipinski definition) is 4. The zero-order valence-corrected chi connectivity index (χ0v) is 14.4. The molecule has 27 heavy (non-hydrogen) atoms. The zero-order valence-electron chi connectivity index (χ0n) is 14.4. The van der Waals surface area contributed by atoms with Gasteiger partial charge in [-0.15, -0.1) is 13.2 Å². The van der Waals surface area contributed by atoms with Crippen molar-refractivity contribution in [2.24, 2.45) is 0 Å². The van der Waals surface area contributed by atoms with Crippen LogP contribution in [0.3, 0.4) is 0 Å². The van der Waals surface area contributed by atoms with Gasteiger partial charge in [0.2, 0.25) is 5.88 Å². The summed E-state index contributed by atoms with van der Waals surface area (Å²) in [5.41, 5.74) is 0.128. The second-order valence-electron chi connectivity index (χ2n) is 6.31. The lowest BCUT2D eigenvalue weighted by molar-refractivity contribution is -0.274. The van der Waals surface area contributed by atoms with Crippen LogP contribution in [-0.2, 0) is 0 Å². The number of benzene rings is 1. The molecule has 1 saturated carbocycles. The summed E-state index contributed by atoms with van der Waals surface area (Å²) in [4.78, 5) is 16.4. The normalized spacial score (nSPS) is 20.0. The van der Waals surface area contributed by atoms with Crippen molar-refractivity contribution >= 4 is 5.91 Å². The molecule has 0 aliphatic heterocycles. The molecular weight excluding hydrogens is 361 g/mol. The fourth-order valence-corrected chi connectivity index (χ4v) is 3.02. The fourth-order valence-electron chi connectivity index (χ4n) is 3.02. The van der Waals surface area contributed by atoms with Crippen molar-refractivity contribution in [2.75, 3.05) is 0 Å². The van der Waals surface area contributed by atoms with Crippen molar-refractivity contribution in [3.8, 4) is 11.6 Å². The van der Waals surface area contributed by atoms with Gasteiger partial charge < -0.3 is 14.8 Å². The van der Waals surface area contributed by atoms with Gasteiger partial charge in [0.25, 0.3) is 5.91 Å². The van der Waals surface area contributed by atoms with Crippen molar-refractivity contribution in [3.05, 3.63) is 54.2 Å². The van der Waals surface area contributed by atoms with E-state index in [-0.39, 0.29) is 17.7 Å². The second-order valence-corrected chi connectivity index (χ2v) is 6.31. The van der Waals surface area contributed by atoms with Crippen molar-refractivity contribution in [1.29, 1.82) is 0 Å². The Hall–Kier alpha value is -2.77. The second kappa shape index (κ2) is 8.28. The molecule has 2 aromatic rings. The highest BCUT2D eigenvalue weighted by molar-refractivity contribution is 5.94. The van der Waals surface area contributed by atoms with Crippen LogP contribution in [0.2, 0.25) is 0 Å². The first kappa shape index (κ1) is 19.0. The van der Waals surface area contributed by atoms with E-state index in [0.717, 1.165) is 37.8 Å². The lowest BCUT2D eigenvalue weighted by Crippen LogP contribution is -2.39. The molecule has 0 unspecified atom stereocenters. The van der Waals surface area contributed by atoms with Gasteiger partial charge in [-0.3, -0.25) is 4.79 Å². The molecule has 0 radical (unpaired) electrons. The first-order valence-corrected chi connectivity index (χ1v) is 8.63. The Morgan fingerprint density at radius 3 is 2.52 bits per heavy atom. The van der Waals surface area contributed by atoms with Crippen LogP contribution in [0.5, 0.6) is 11.6 Å². The number of alkyl halides is 3. The summed E-state index contributed by atoms with van der Waals surface area (Å²) in [5, 5.41) is 2.86. The number of halogens is 3. The predicted octanol–water partition coefficient (Wildman–Crippen LogP) is 4.10. The summed E-state index contributed by atoms with van der Waals surface area (Å²) in [6, 6.07) is 10.5. The Morgan fingerprint density at radius 1 is 1.07 bits per heavy atom. The Morgan fingerprint density at radius 2 is 1.85 bits per heavy atom. The molecule has 1 aromatic heterocycles. The van der Waals surface area contributed by atoms with Crippen LogP contribution in [-0.4, -0.2) is 29.4 Å². The third-order valence-corrected chi connectivity index (χ3v) is 4.26. The smallest absolute Gasteiger partial charge is 0.474 e. The molecule has 1 heterocycles. The summed E-state index contributed by atoms with van der Waals surface area (Å²) in [5.74, 6) is -0.259. The third-order valence-electron chi connectivity index (χ3n) is 4.26. The van der Waals surface area contributed by atoms with E-state index >= 15 is 0 Å². The number of amides is 1. The van der Waals surface area contributed by atoms with Crippen LogP contribution in [0.25, 0.3) is 0 Å². The number of hydrogen-bond donors (Lipinski definition) is 1. The summed E-state index contributed by atoms with van der Waals surface area (Å²) < 4.78 is 46.6. The summed E-state index contributed by atoms with van der Waals surface area (Å²) in [6.07, 6.45) is -0.114. The summed E-state index contributed by atoms with van der Waals surface area (Å²) in [6.45, 7) is 0. The highest BCUT2D eigenvalue weighted by Gasteiger charge is 2.31. The van der Waals surface area contributed by atoms with E-state index < -0.39 is 18.0 Å². The van der Waals surface area contributed by atoms with E-state index in [2.05, 4.69) is 15.0 Å². The molecule has 1 amide bonds. The van der Waals surface area contributed by atoms with Gasteiger partial charge in [-0.25, -0.2) is 4.98 Å². The molecule has 1 aliphatic rings. The van der Waals surface area contributed by atoms with E-state index in [4.69, 9.17) is 4.74 Å². The van der Waals surface area contributed by atoms with Crippen molar-refractivity contribution in [3.63, 3.8) is 0 Å². The van der Waals surface area contributed by atoms with Gasteiger partial charge in [0.05, 0.1) is 0 Å². The van der Waals surface area contributed by atoms with E-state index in [1.54, 1.807) is 12.3 Å². The molecule has 5 nitrogen and oxygen atoms in total. The minimum atomic E-state index is -4.79.